The summed E-state index contributed by atoms with van der Waals surface area (Å²) in [7, 11) is -3.54. The summed E-state index contributed by atoms with van der Waals surface area (Å²) in [5, 5.41) is 9.18. The van der Waals surface area contributed by atoms with Gasteiger partial charge in [0.15, 0.2) is 0 Å². The largest absolute Gasteiger partial charge is 0.360 e. The number of aromatic nitrogens is 1. The third kappa shape index (κ3) is 2.99. The van der Waals surface area contributed by atoms with E-state index in [0.717, 1.165) is 11.1 Å². The Labute approximate surface area is 134 Å². The molecular formula is C17H16N2O3S. The molecule has 0 spiro atoms. The van der Waals surface area contributed by atoms with Crippen molar-refractivity contribution in [3.8, 4) is 0 Å². The van der Waals surface area contributed by atoms with E-state index in [1.807, 2.05) is 17.6 Å². The number of fused-ring (bicyclic) bond motifs is 1. The van der Waals surface area contributed by atoms with Gasteiger partial charge < -0.3 is 4.98 Å². The number of nitrogens with one attached hydrogen (secondary N) is 2. The Hall–Kier alpha value is -2.57. The van der Waals surface area contributed by atoms with Crippen LogP contribution in [-0.4, -0.2) is 18.6 Å². The van der Waals surface area contributed by atoms with Crippen molar-refractivity contribution >= 4 is 20.7 Å². The van der Waals surface area contributed by atoms with Crippen LogP contribution < -0.4 is 5.48 Å². The number of rotatable bonds is 5. The Morgan fingerprint density at radius 1 is 1.13 bits per heavy atom. The normalized spacial score (nSPS) is 12.0. The highest BCUT2D eigenvalue weighted by Crippen LogP contribution is 2.28. The molecule has 118 valence electrons. The van der Waals surface area contributed by atoms with Gasteiger partial charge in [0, 0.05) is 23.3 Å². The van der Waals surface area contributed by atoms with E-state index in [-0.39, 0.29) is 9.79 Å². The highest BCUT2D eigenvalue weighted by atomic mass is 32.2. The van der Waals surface area contributed by atoms with E-state index in [1.165, 1.54) is 12.4 Å². The molecule has 0 atom stereocenters. The van der Waals surface area contributed by atoms with Gasteiger partial charge in [-0.2, -0.15) is 0 Å². The van der Waals surface area contributed by atoms with Gasteiger partial charge in [-0.25, -0.2) is 8.42 Å². The first kappa shape index (κ1) is 15.3. The maximum absolute atomic E-state index is 12.7. The van der Waals surface area contributed by atoms with Crippen molar-refractivity contribution in [3.05, 3.63) is 72.6 Å². The number of hydrogen-bond acceptors (Lipinski definition) is 4. The molecule has 2 aromatic carbocycles. The molecule has 0 unspecified atom stereocenters. The van der Waals surface area contributed by atoms with Crippen molar-refractivity contribution in [3.63, 3.8) is 0 Å². The molecule has 1 heterocycles. The lowest BCUT2D eigenvalue weighted by Gasteiger charge is -2.03. The van der Waals surface area contributed by atoms with Gasteiger partial charge in [0.05, 0.1) is 9.79 Å². The van der Waals surface area contributed by atoms with E-state index in [9.17, 15) is 8.42 Å². The molecule has 3 aromatic rings. The Morgan fingerprint density at radius 2 is 1.91 bits per heavy atom. The van der Waals surface area contributed by atoms with E-state index >= 15 is 0 Å². The standard InChI is InChI=1S/C17H16N2O3S/c20-19-10-4-5-13-8-9-15-16(11-13)18-12-17(15)23(21,22)14-6-2-1-3-7-14/h1-4,6-12,18-20H,5H2. The summed E-state index contributed by atoms with van der Waals surface area (Å²) < 4.78 is 25.5. The molecular weight excluding hydrogens is 312 g/mol. The van der Waals surface area contributed by atoms with Crippen LogP contribution in [0.2, 0.25) is 0 Å². The van der Waals surface area contributed by atoms with Crippen LogP contribution >= 0.6 is 0 Å². The predicted molar refractivity (Wildman–Crippen MR) is 88.0 cm³/mol. The fourth-order valence-electron chi connectivity index (χ4n) is 2.47. The summed E-state index contributed by atoms with van der Waals surface area (Å²) in [5.41, 5.74) is 3.72. The zero-order chi connectivity index (χ0) is 16.3. The van der Waals surface area contributed by atoms with E-state index in [0.29, 0.717) is 11.8 Å². The first-order chi connectivity index (χ1) is 11.1. The third-order valence-corrected chi connectivity index (χ3v) is 5.41. The van der Waals surface area contributed by atoms with Gasteiger partial charge >= 0.3 is 0 Å². The molecule has 6 heteroatoms. The summed E-state index contributed by atoms with van der Waals surface area (Å²) in [4.78, 5) is 3.58. The summed E-state index contributed by atoms with van der Waals surface area (Å²) >= 11 is 0. The highest BCUT2D eigenvalue weighted by Gasteiger charge is 2.21. The van der Waals surface area contributed by atoms with Crippen molar-refractivity contribution in [2.75, 3.05) is 0 Å². The Morgan fingerprint density at radius 3 is 2.65 bits per heavy atom. The zero-order valence-electron chi connectivity index (χ0n) is 12.2. The first-order valence-corrected chi connectivity index (χ1v) is 8.56. The molecule has 0 aliphatic heterocycles. The van der Waals surface area contributed by atoms with E-state index in [4.69, 9.17) is 5.21 Å². The smallest absolute Gasteiger partial charge is 0.208 e. The molecule has 0 amide bonds. The molecule has 3 rings (SSSR count). The number of hydrogen-bond donors (Lipinski definition) is 3. The molecule has 0 aliphatic rings. The summed E-state index contributed by atoms with van der Waals surface area (Å²) in [6, 6.07) is 14.0. The molecule has 5 nitrogen and oxygen atoms in total. The van der Waals surface area contributed by atoms with Crippen LogP contribution in [-0.2, 0) is 16.3 Å². The number of allylic oxidation sites excluding steroid dienone is 1. The summed E-state index contributed by atoms with van der Waals surface area (Å²) in [6.07, 6.45) is 5.36. The Balaban J connectivity index is 2.02. The molecule has 0 bridgehead atoms. The van der Waals surface area contributed by atoms with Crippen LogP contribution in [0, 0.1) is 0 Å². The van der Waals surface area contributed by atoms with E-state index < -0.39 is 9.84 Å². The van der Waals surface area contributed by atoms with Gasteiger partial charge in [-0.1, -0.05) is 36.4 Å². The quantitative estimate of drug-likeness (QED) is 0.629. The maximum atomic E-state index is 12.7. The fraction of sp³-hybridized carbons (Fsp3) is 0.0588. The van der Waals surface area contributed by atoms with Crippen LogP contribution in [0.3, 0.4) is 0 Å². The van der Waals surface area contributed by atoms with Crippen molar-refractivity contribution in [1.29, 1.82) is 0 Å². The number of benzene rings is 2. The third-order valence-electron chi connectivity index (χ3n) is 3.60. The number of H-pyrrole nitrogens is 1. The minimum absolute atomic E-state index is 0.276. The Kier molecular flexibility index (Phi) is 4.18. The average Bonchev–Trinajstić information content (AvgIpc) is 3.00. The van der Waals surface area contributed by atoms with Crippen LogP contribution in [0.1, 0.15) is 5.56 Å². The van der Waals surface area contributed by atoms with Gasteiger partial charge in [0.1, 0.15) is 0 Å². The first-order valence-electron chi connectivity index (χ1n) is 7.08. The van der Waals surface area contributed by atoms with Gasteiger partial charge in [-0.3, -0.25) is 10.7 Å². The van der Waals surface area contributed by atoms with Gasteiger partial charge in [0.2, 0.25) is 9.84 Å². The highest BCUT2D eigenvalue weighted by molar-refractivity contribution is 7.91. The predicted octanol–water partition coefficient (Wildman–Crippen LogP) is 3.04. The molecule has 0 radical (unpaired) electrons. The maximum Gasteiger partial charge on any atom is 0.208 e. The SMILES string of the molecule is O=S(=O)(c1ccccc1)c1c[nH]c2cc(CC=CNO)ccc12. The van der Waals surface area contributed by atoms with Crippen LogP contribution in [0.15, 0.2) is 76.8 Å². The van der Waals surface area contributed by atoms with Gasteiger partial charge in [-0.15, -0.1) is 0 Å². The summed E-state index contributed by atoms with van der Waals surface area (Å²) in [5.74, 6) is 0. The second kappa shape index (κ2) is 6.28. The zero-order valence-corrected chi connectivity index (χ0v) is 13.0. The Bertz CT molecular complexity index is 944. The fourth-order valence-corrected chi connectivity index (χ4v) is 3.92. The minimum Gasteiger partial charge on any atom is -0.360 e. The lowest BCUT2D eigenvalue weighted by atomic mass is 10.1. The second-order valence-corrected chi connectivity index (χ2v) is 7.00. The minimum atomic E-state index is -3.54. The molecule has 3 N–H and O–H groups in total. The lowest BCUT2D eigenvalue weighted by molar-refractivity contribution is 0.214. The van der Waals surface area contributed by atoms with Crippen molar-refractivity contribution in [2.24, 2.45) is 0 Å². The van der Waals surface area contributed by atoms with Gasteiger partial charge in [0.25, 0.3) is 0 Å². The monoisotopic (exact) mass is 328 g/mol. The molecule has 1 aromatic heterocycles. The molecule has 0 aliphatic carbocycles. The van der Waals surface area contributed by atoms with Crippen LogP contribution in [0.4, 0.5) is 0 Å². The molecule has 23 heavy (non-hydrogen) atoms. The number of aromatic amines is 1. The summed E-state index contributed by atoms with van der Waals surface area (Å²) in [6.45, 7) is 0. The number of sulfone groups is 1. The average molecular weight is 328 g/mol. The lowest BCUT2D eigenvalue weighted by Crippen LogP contribution is -2.00. The molecule has 0 saturated carbocycles. The number of hydroxylamine groups is 1. The van der Waals surface area contributed by atoms with E-state index in [1.54, 1.807) is 42.5 Å². The van der Waals surface area contributed by atoms with Crippen LogP contribution in [0.25, 0.3) is 10.9 Å². The van der Waals surface area contributed by atoms with Crippen molar-refractivity contribution in [2.45, 2.75) is 16.2 Å². The van der Waals surface area contributed by atoms with Crippen molar-refractivity contribution < 1.29 is 13.6 Å². The molecule has 0 saturated heterocycles. The van der Waals surface area contributed by atoms with Crippen molar-refractivity contribution in [1.82, 2.24) is 10.5 Å². The second-order valence-electron chi connectivity index (χ2n) is 5.08. The van der Waals surface area contributed by atoms with Crippen LogP contribution in [0.5, 0.6) is 0 Å². The van der Waals surface area contributed by atoms with E-state index in [2.05, 4.69) is 4.98 Å². The topological polar surface area (TPSA) is 82.2 Å². The van der Waals surface area contributed by atoms with Gasteiger partial charge in [-0.05, 0) is 30.2 Å². The molecule has 0 fully saturated rings.